The van der Waals surface area contributed by atoms with Crippen LogP contribution in [0, 0.1) is 0 Å². The van der Waals surface area contributed by atoms with E-state index in [0.717, 1.165) is 0 Å². The molecule has 1 N–H and O–H groups in total. The number of hydrogen-bond donors (Lipinski definition) is 1. The Bertz CT molecular complexity index is 83.8. The number of aliphatic hydroxyl groups excluding tert-OH is 1. The lowest BCUT2D eigenvalue weighted by atomic mass is 10.4. The fourth-order valence-corrected chi connectivity index (χ4v) is 0.536. The van der Waals surface area contributed by atoms with Crippen molar-refractivity contribution in [2.24, 2.45) is 0 Å². The zero-order valence-electron chi connectivity index (χ0n) is 5.95. The number of aliphatic hydroxyl groups is 1. The zero-order valence-corrected chi connectivity index (χ0v) is 5.95. The van der Waals surface area contributed by atoms with Gasteiger partial charge >= 0.3 is 0 Å². The average Bonchev–Trinajstić information content (AvgIpc) is 1.98. The van der Waals surface area contributed by atoms with E-state index in [1.165, 1.54) is 0 Å². The molecule has 0 heterocycles. The van der Waals surface area contributed by atoms with Gasteiger partial charge in [-0.05, 0) is 6.92 Å². The molecule has 1 unspecified atom stereocenters. The lowest BCUT2D eigenvalue weighted by molar-refractivity contribution is -0.133. The van der Waals surface area contributed by atoms with Crippen LogP contribution in [-0.4, -0.2) is 37.5 Å². The molecule has 0 amide bonds. The molecule has 10 heavy (non-hydrogen) atoms. The highest BCUT2D eigenvalue weighted by molar-refractivity contribution is 5.36. The molecular formula is C6H12O4. The summed E-state index contributed by atoms with van der Waals surface area (Å²) in [5, 5.41) is 8.56. The number of rotatable bonds is 6. The Balaban J connectivity index is 3.29. The van der Waals surface area contributed by atoms with Crippen molar-refractivity contribution in [1.29, 1.82) is 0 Å². The summed E-state index contributed by atoms with van der Waals surface area (Å²) in [4.78, 5) is 9.67. The van der Waals surface area contributed by atoms with Gasteiger partial charge in [0.05, 0.1) is 6.61 Å². The molecule has 0 aromatic carbocycles. The van der Waals surface area contributed by atoms with Crippen LogP contribution in [-0.2, 0) is 14.3 Å². The molecular weight excluding hydrogens is 136 g/mol. The summed E-state index contributed by atoms with van der Waals surface area (Å²) in [5.41, 5.74) is 0. The van der Waals surface area contributed by atoms with Crippen LogP contribution in [0.5, 0.6) is 0 Å². The van der Waals surface area contributed by atoms with Gasteiger partial charge in [-0.25, -0.2) is 0 Å². The summed E-state index contributed by atoms with van der Waals surface area (Å²) in [6.07, 6.45) is -0.379. The fraction of sp³-hybridized carbons (Fsp3) is 0.833. The second-order valence-electron chi connectivity index (χ2n) is 1.69. The summed E-state index contributed by atoms with van der Waals surface area (Å²) >= 11 is 0. The second kappa shape index (κ2) is 6.51. The molecule has 4 nitrogen and oxygen atoms in total. The first kappa shape index (κ1) is 9.39. The van der Waals surface area contributed by atoms with E-state index in [4.69, 9.17) is 9.84 Å². The molecule has 0 aliphatic heterocycles. The van der Waals surface area contributed by atoms with Crippen LogP contribution in [0.15, 0.2) is 0 Å². The first-order valence-electron chi connectivity index (χ1n) is 3.12. The number of carbonyl (C=O) groups excluding carboxylic acids is 1. The zero-order chi connectivity index (χ0) is 7.82. The highest BCUT2D eigenvalue weighted by Gasteiger charge is 2.05. The van der Waals surface area contributed by atoms with E-state index in [2.05, 4.69) is 4.74 Å². The predicted octanol–water partition coefficient (Wildman–Crippen LogP) is -0.443. The van der Waals surface area contributed by atoms with Gasteiger partial charge in [0.25, 0.3) is 6.47 Å². The third kappa shape index (κ3) is 4.29. The van der Waals surface area contributed by atoms with Gasteiger partial charge in [0.1, 0.15) is 12.7 Å². The van der Waals surface area contributed by atoms with Crippen molar-refractivity contribution in [2.75, 3.05) is 19.8 Å². The molecule has 0 saturated carbocycles. The Morgan fingerprint density at radius 2 is 2.40 bits per heavy atom. The Morgan fingerprint density at radius 1 is 1.70 bits per heavy atom. The monoisotopic (exact) mass is 148 g/mol. The van der Waals surface area contributed by atoms with Gasteiger partial charge in [-0.3, -0.25) is 4.79 Å². The smallest absolute Gasteiger partial charge is 0.293 e. The van der Waals surface area contributed by atoms with Crippen LogP contribution in [0.3, 0.4) is 0 Å². The fourth-order valence-electron chi connectivity index (χ4n) is 0.536. The highest BCUT2D eigenvalue weighted by Crippen LogP contribution is 1.89. The standard InChI is InChI=1S/C6H12O4/c1-2-10-6(3-7)4-9-5-8/h5-7H,2-4H2,1H3. The predicted molar refractivity (Wildman–Crippen MR) is 34.5 cm³/mol. The van der Waals surface area contributed by atoms with Gasteiger partial charge < -0.3 is 14.6 Å². The van der Waals surface area contributed by atoms with Crippen molar-refractivity contribution < 1.29 is 19.4 Å². The summed E-state index contributed by atoms with van der Waals surface area (Å²) in [6, 6.07) is 0. The van der Waals surface area contributed by atoms with E-state index < -0.39 is 0 Å². The molecule has 0 fully saturated rings. The average molecular weight is 148 g/mol. The van der Waals surface area contributed by atoms with Crippen molar-refractivity contribution in [2.45, 2.75) is 13.0 Å². The molecule has 1 atom stereocenters. The molecule has 0 radical (unpaired) electrons. The Labute approximate surface area is 59.7 Å². The molecule has 0 aliphatic rings. The third-order valence-corrected chi connectivity index (χ3v) is 0.956. The van der Waals surface area contributed by atoms with E-state index >= 15 is 0 Å². The molecule has 0 rings (SSSR count). The lowest BCUT2D eigenvalue weighted by Crippen LogP contribution is -2.23. The molecule has 60 valence electrons. The van der Waals surface area contributed by atoms with Crippen molar-refractivity contribution >= 4 is 6.47 Å². The van der Waals surface area contributed by atoms with E-state index in [-0.39, 0.29) is 19.3 Å². The number of ether oxygens (including phenoxy) is 2. The van der Waals surface area contributed by atoms with Gasteiger partial charge in [-0.15, -0.1) is 0 Å². The number of carbonyl (C=O) groups is 1. The number of hydrogen-bond acceptors (Lipinski definition) is 4. The van der Waals surface area contributed by atoms with Gasteiger partial charge in [-0.1, -0.05) is 0 Å². The third-order valence-electron chi connectivity index (χ3n) is 0.956. The normalized spacial score (nSPS) is 12.6. The van der Waals surface area contributed by atoms with Crippen LogP contribution < -0.4 is 0 Å². The maximum Gasteiger partial charge on any atom is 0.293 e. The molecule has 0 aromatic rings. The molecule has 4 heteroatoms. The Morgan fingerprint density at radius 3 is 2.80 bits per heavy atom. The maximum atomic E-state index is 9.67. The molecule has 0 spiro atoms. The van der Waals surface area contributed by atoms with Crippen LogP contribution in [0.4, 0.5) is 0 Å². The van der Waals surface area contributed by atoms with Gasteiger partial charge in [0.2, 0.25) is 0 Å². The highest BCUT2D eigenvalue weighted by atomic mass is 16.6. The first-order chi connectivity index (χ1) is 4.85. The first-order valence-corrected chi connectivity index (χ1v) is 3.12. The largest absolute Gasteiger partial charge is 0.465 e. The van der Waals surface area contributed by atoms with Crippen molar-refractivity contribution in [1.82, 2.24) is 0 Å². The van der Waals surface area contributed by atoms with Gasteiger partial charge in [0, 0.05) is 6.61 Å². The van der Waals surface area contributed by atoms with E-state index in [1.807, 2.05) is 6.92 Å². The second-order valence-corrected chi connectivity index (χ2v) is 1.69. The minimum absolute atomic E-state index is 0.119. The summed E-state index contributed by atoms with van der Waals surface area (Å²) in [7, 11) is 0. The quantitative estimate of drug-likeness (QED) is 0.519. The molecule has 0 aromatic heterocycles. The van der Waals surface area contributed by atoms with E-state index in [9.17, 15) is 4.79 Å². The molecule has 0 saturated heterocycles. The lowest BCUT2D eigenvalue weighted by Gasteiger charge is -2.11. The van der Waals surface area contributed by atoms with Gasteiger partial charge in [0.15, 0.2) is 0 Å². The minimum atomic E-state index is -0.379. The molecule has 0 aliphatic carbocycles. The Hall–Kier alpha value is -0.610. The summed E-state index contributed by atoms with van der Waals surface area (Å²) < 4.78 is 9.33. The van der Waals surface area contributed by atoms with Crippen LogP contribution >= 0.6 is 0 Å². The minimum Gasteiger partial charge on any atom is -0.465 e. The van der Waals surface area contributed by atoms with Crippen molar-refractivity contribution in [3.05, 3.63) is 0 Å². The van der Waals surface area contributed by atoms with Crippen molar-refractivity contribution in [3.63, 3.8) is 0 Å². The summed E-state index contributed by atoms with van der Waals surface area (Å²) in [6.45, 7) is 2.65. The maximum absolute atomic E-state index is 9.67. The molecule has 0 bridgehead atoms. The Kier molecular flexibility index (Phi) is 6.11. The van der Waals surface area contributed by atoms with E-state index in [0.29, 0.717) is 13.1 Å². The van der Waals surface area contributed by atoms with Crippen LogP contribution in [0.25, 0.3) is 0 Å². The topological polar surface area (TPSA) is 55.8 Å². The van der Waals surface area contributed by atoms with E-state index in [1.54, 1.807) is 0 Å². The van der Waals surface area contributed by atoms with Crippen molar-refractivity contribution in [3.8, 4) is 0 Å². The summed E-state index contributed by atoms with van der Waals surface area (Å²) in [5.74, 6) is 0. The van der Waals surface area contributed by atoms with Gasteiger partial charge in [-0.2, -0.15) is 0 Å². The van der Waals surface area contributed by atoms with Crippen LogP contribution in [0.2, 0.25) is 0 Å². The van der Waals surface area contributed by atoms with Crippen LogP contribution in [0.1, 0.15) is 6.92 Å². The SMILES string of the molecule is CCOC(CO)COC=O.